The molecule has 216 valence electrons. The molecule has 37 heavy (non-hydrogen) atoms. The number of aliphatic carboxylic acids is 2. The van der Waals surface area contributed by atoms with Gasteiger partial charge in [-0.25, -0.2) is 0 Å². The molecule has 11 nitrogen and oxygen atoms in total. The van der Waals surface area contributed by atoms with Crippen molar-refractivity contribution in [2.45, 2.75) is 107 Å². The monoisotopic (exact) mass is 594 g/mol. The van der Waals surface area contributed by atoms with Crippen LogP contribution < -0.4 is 108 Å². The van der Waals surface area contributed by atoms with Crippen LogP contribution in [0, 0.1) is 11.8 Å². The Morgan fingerprint density at radius 3 is 1.14 bits per heavy atom. The van der Waals surface area contributed by atoms with Crippen molar-refractivity contribution < 1.29 is 157 Å². The molecule has 0 heterocycles. The molecule has 0 saturated heterocycles. The molecule has 0 aliphatic carbocycles. The number of carboxylic acid groups (broad SMARTS) is 2. The molecule has 0 aromatic rings. The fraction of sp³-hybridized carbons (Fsp3) is 0.833. The topological polar surface area (TPSA) is 200 Å². The van der Waals surface area contributed by atoms with E-state index in [1.54, 1.807) is 13.8 Å². The van der Waals surface area contributed by atoms with E-state index in [9.17, 15) is 14.4 Å². The van der Waals surface area contributed by atoms with Gasteiger partial charge in [0.15, 0.2) is 0 Å². The zero-order valence-corrected chi connectivity index (χ0v) is 32.0. The molecule has 0 bridgehead atoms. The summed E-state index contributed by atoms with van der Waals surface area (Å²) in [6, 6.07) is 0. The molecule has 13 heteroatoms. The molecule has 0 aliphatic heterocycles. The van der Waals surface area contributed by atoms with E-state index in [0.29, 0.717) is 0 Å². The number of hydrogen-bond donors (Lipinski definition) is 3. The zero-order valence-electron chi connectivity index (χ0n) is 25.8. The van der Waals surface area contributed by atoms with E-state index in [0.717, 1.165) is 39.7 Å². The molecule has 4 N–H and O–H groups in total. The van der Waals surface area contributed by atoms with Crippen LogP contribution >= 0.6 is 0 Å². The summed E-state index contributed by atoms with van der Waals surface area (Å²) in [6.45, 7) is 17.3. The minimum absolute atomic E-state index is 0. The molecule has 0 saturated carbocycles. The van der Waals surface area contributed by atoms with Gasteiger partial charge in [0.25, 0.3) is 0 Å². The van der Waals surface area contributed by atoms with Crippen LogP contribution in [0.25, 0.3) is 0 Å². The number of aliphatic hydroxyl groups is 2. The van der Waals surface area contributed by atoms with Crippen molar-refractivity contribution in [1.82, 2.24) is 0 Å². The molecule has 0 fully saturated rings. The Kier molecular flexibility index (Phi) is 83.5. The fourth-order valence-corrected chi connectivity index (χ4v) is 0.909. The van der Waals surface area contributed by atoms with Gasteiger partial charge in [-0.2, -0.15) is 0 Å². The Labute approximate surface area is 310 Å². The van der Waals surface area contributed by atoms with Crippen molar-refractivity contribution in [3.8, 4) is 0 Å². The van der Waals surface area contributed by atoms with Gasteiger partial charge in [-0.05, 0) is 46.5 Å². The molecule has 0 aromatic heterocycles. The first-order chi connectivity index (χ1) is 15.6. The first-order valence-corrected chi connectivity index (χ1v) is 11.4. The summed E-state index contributed by atoms with van der Waals surface area (Å²) < 4.78 is 9.22. The van der Waals surface area contributed by atoms with Crippen molar-refractivity contribution in [2.75, 3.05) is 14.2 Å². The summed E-state index contributed by atoms with van der Waals surface area (Å²) in [5.74, 6) is -2.23. The normalized spacial score (nSPS) is 11.0. The fourth-order valence-electron chi connectivity index (χ4n) is 0.909. The number of rotatable bonds is 7. The predicted octanol–water partition coefficient (Wildman–Crippen LogP) is -3.36. The quantitative estimate of drug-likeness (QED) is 0.196. The number of carbonyl (C=O) groups excluding carboxylic acids is 3. The van der Waals surface area contributed by atoms with Crippen molar-refractivity contribution >= 4 is 23.9 Å². The number of esters is 2. The van der Waals surface area contributed by atoms with E-state index >= 15 is 0 Å². The van der Waals surface area contributed by atoms with Crippen molar-refractivity contribution in [3.63, 3.8) is 0 Å². The Balaban J connectivity index is -0.0000000371. The Morgan fingerprint density at radius 2 is 1.08 bits per heavy atom. The van der Waals surface area contributed by atoms with Gasteiger partial charge >= 0.3 is 121 Å². The Morgan fingerprint density at radius 1 is 0.784 bits per heavy atom. The maximum absolute atomic E-state index is 10.5. The third kappa shape index (κ3) is 85.7. The summed E-state index contributed by atoms with van der Waals surface area (Å²) in [6.07, 6.45) is 3.28. The van der Waals surface area contributed by atoms with Gasteiger partial charge in [0, 0.05) is 20.0 Å². The smallest absolute Gasteiger partial charge is 0.870 e. The second-order valence-corrected chi connectivity index (χ2v) is 7.06. The molecule has 0 aliphatic rings. The van der Waals surface area contributed by atoms with Crippen molar-refractivity contribution in [2.24, 2.45) is 11.8 Å². The second-order valence-electron chi connectivity index (χ2n) is 7.06. The number of carbonyl (C=O) groups is 4. The minimum atomic E-state index is -1.08. The van der Waals surface area contributed by atoms with Crippen LogP contribution in [-0.4, -0.2) is 71.1 Å². The average Bonchev–Trinajstić information content (AvgIpc) is 2.78. The maximum atomic E-state index is 10.5. The maximum Gasteiger partial charge on any atom is 1.00 e. The predicted molar refractivity (Wildman–Crippen MR) is 133 cm³/mol. The van der Waals surface area contributed by atoms with Crippen molar-refractivity contribution in [3.05, 3.63) is 0 Å². The molecule has 0 spiro atoms. The number of ether oxygens (including phenoxy) is 2. The molecule has 0 rings (SSSR count). The molecule has 0 radical (unpaired) electrons. The van der Waals surface area contributed by atoms with Crippen LogP contribution in [0.4, 0.5) is 0 Å². The summed E-state index contributed by atoms with van der Waals surface area (Å²) in [5, 5.41) is 32.4. The van der Waals surface area contributed by atoms with E-state index in [2.05, 4.69) is 4.74 Å². The van der Waals surface area contributed by atoms with E-state index in [1.165, 1.54) is 14.0 Å². The summed E-state index contributed by atoms with van der Waals surface area (Å²) >= 11 is 0. The molecular weight excluding hydrogens is 542 g/mol. The van der Waals surface area contributed by atoms with Crippen LogP contribution in [-0.2, 0) is 28.7 Å². The van der Waals surface area contributed by atoms with E-state index in [4.69, 9.17) is 30.0 Å². The number of methoxy groups -OCH3 is 1. The van der Waals surface area contributed by atoms with Gasteiger partial charge in [-0.15, -0.1) is 0 Å². The van der Waals surface area contributed by atoms with Gasteiger partial charge in [-0.3, -0.25) is 14.4 Å². The first kappa shape index (κ1) is 61.9. The van der Waals surface area contributed by atoms with Crippen LogP contribution in [0.15, 0.2) is 0 Å². The molecular formula is C24H52K2O11. The third-order valence-corrected chi connectivity index (χ3v) is 3.78. The van der Waals surface area contributed by atoms with Crippen LogP contribution in [0.5, 0.6) is 0 Å². The van der Waals surface area contributed by atoms with Gasteiger partial charge < -0.3 is 40.2 Å². The van der Waals surface area contributed by atoms with Gasteiger partial charge in [-0.1, -0.05) is 41.5 Å². The Bertz CT molecular complexity index is 474. The Hall–Kier alpha value is 1.03. The average molecular weight is 595 g/mol. The van der Waals surface area contributed by atoms with Crippen LogP contribution in [0.3, 0.4) is 0 Å². The summed E-state index contributed by atoms with van der Waals surface area (Å²) in [4.78, 5) is 39.5. The first-order valence-electron chi connectivity index (χ1n) is 11.4. The summed E-state index contributed by atoms with van der Waals surface area (Å²) in [5.41, 5.74) is 0. The standard InChI is InChI=1S/2C6H12O2.C5H10O2.C4H10O.C2H4O2.CH4O.2K.H2O/c1-4-5(2)6(7)8-3;1-4-5(2)8-6(3)7;1-3-4(2)5(6)7;1-3-4(2)5;1-2(3)4;1-2;;;/h2*5H,4H2,1-3H3;4H,3H2,1-2H3,(H,6,7);4-5H,3H2,1-2H3;1H3,(H,3,4);2H,1H3;;;1H2/q;;;;;;2*+1;/p-2. The molecule has 4 atom stereocenters. The minimum Gasteiger partial charge on any atom is -0.870 e. The molecule has 0 amide bonds. The van der Waals surface area contributed by atoms with Crippen molar-refractivity contribution in [1.29, 1.82) is 0 Å². The van der Waals surface area contributed by atoms with Gasteiger partial charge in [0.1, 0.15) is 0 Å². The van der Waals surface area contributed by atoms with Crippen LogP contribution in [0.1, 0.15) is 94.9 Å². The van der Waals surface area contributed by atoms with E-state index in [1.807, 2.05) is 41.5 Å². The zero-order chi connectivity index (χ0) is 28.9. The third-order valence-electron chi connectivity index (χ3n) is 3.78. The molecule has 0 aromatic carbocycles. The summed E-state index contributed by atoms with van der Waals surface area (Å²) in [7, 11) is 2.41. The number of aliphatic hydroxyl groups excluding tert-OH is 2. The second kappa shape index (κ2) is 49.9. The van der Waals surface area contributed by atoms with Gasteiger partial charge in [0.2, 0.25) is 0 Å². The largest absolute Gasteiger partial charge is 1.00 e. The van der Waals surface area contributed by atoms with Crippen LogP contribution in [0.2, 0.25) is 0 Å². The van der Waals surface area contributed by atoms with E-state index < -0.39 is 11.9 Å². The van der Waals surface area contributed by atoms with Gasteiger partial charge in [0.05, 0.1) is 31.2 Å². The number of hydrogen-bond acceptors (Lipinski definition) is 10. The number of carboxylic acids is 2. The SMILES string of the molecule is CC(=O)[O-].CCC(C)C(=O)O.CCC(C)C(=O)OC.CCC(C)O.CCC(C)OC(C)=O.CO.[K+].[K+].[OH-]. The molecule has 4 unspecified atom stereocenters. The van der Waals surface area contributed by atoms with E-state index in [-0.39, 0.29) is 144 Å².